The van der Waals surface area contributed by atoms with Gasteiger partial charge in [0.15, 0.2) is 0 Å². The van der Waals surface area contributed by atoms with Gasteiger partial charge in [-0.05, 0) is 54.3 Å². The predicted octanol–water partition coefficient (Wildman–Crippen LogP) is 3.02. The summed E-state index contributed by atoms with van der Waals surface area (Å²) in [7, 11) is 0. The van der Waals surface area contributed by atoms with Gasteiger partial charge in [0.05, 0.1) is 0 Å². The molecule has 0 unspecified atom stereocenters. The van der Waals surface area contributed by atoms with E-state index in [1.807, 2.05) is 11.3 Å². The normalized spacial score (nSPS) is 11.1. The third-order valence-electron chi connectivity index (χ3n) is 2.62. The summed E-state index contributed by atoms with van der Waals surface area (Å²) >= 11 is 1.84. The Bertz CT molecular complexity index is 457. The molecular formula is C12H15NS. The maximum atomic E-state index is 5.60. The predicted molar refractivity (Wildman–Crippen MR) is 64.1 cm³/mol. The van der Waals surface area contributed by atoms with Crippen LogP contribution >= 0.6 is 11.3 Å². The molecule has 0 atom stereocenters. The standard InChI is InChI=1S/C12H15NS/c1-8-3-4-9(2)12-11(8)10(5-6-13)7-14-12/h3-4,7H,5-6,13H2,1-2H3. The van der Waals surface area contributed by atoms with Crippen molar-refractivity contribution >= 4 is 21.4 Å². The van der Waals surface area contributed by atoms with Gasteiger partial charge in [-0.1, -0.05) is 12.1 Å². The minimum Gasteiger partial charge on any atom is -0.330 e. The van der Waals surface area contributed by atoms with Crippen molar-refractivity contribution in [2.24, 2.45) is 5.73 Å². The first kappa shape index (κ1) is 9.69. The molecule has 0 amide bonds. The molecule has 0 fully saturated rings. The number of rotatable bonds is 2. The molecule has 14 heavy (non-hydrogen) atoms. The minimum atomic E-state index is 0.735. The number of benzene rings is 1. The molecule has 0 bridgehead atoms. The largest absolute Gasteiger partial charge is 0.330 e. The number of nitrogens with two attached hydrogens (primary N) is 1. The van der Waals surface area contributed by atoms with Crippen molar-refractivity contribution < 1.29 is 0 Å². The highest BCUT2D eigenvalue weighted by Crippen LogP contribution is 2.31. The number of fused-ring (bicyclic) bond motifs is 1. The zero-order valence-electron chi connectivity index (χ0n) is 8.63. The Hall–Kier alpha value is -0.860. The van der Waals surface area contributed by atoms with Crippen LogP contribution in [0.1, 0.15) is 16.7 Å². The lowest BCUT2D eigenvalue weighted by Crippen LogP contribution is -2.02. The van der Waals surface area contributed by atoms with E-state index in [0.29, 0.717) is 0 Å². The van der Waals surface area contributed by atoms with Crippen LogP contribution in [0, 0.1) is 13.8 Å². The molecule has 1 aromatic carbocycles. The van der Waals surface area contributed by atoms with Gasteiger partial charge in [-0.15, -0.1) is 11.3 Å². The Labute approximate surface area is 88.6 Å². The molecule has 1 nitrogen and oxygen atoms in total. The van der Waals surface area contributed by atoms with E-state index in [0.717, 1.165) is 13.0 Å². The molecule has 1 heterocycles. The molecule has 0 aliphatic heterocycles. The summed E-state index contributed by atoms with van der Waals surface area (Å²) in [5.74, 6) is 0. The van der Waals surface area contributed by atoms with Crippen molar-refractivity contribution in [1.82, 2.24) is 0 Å². The van der Waals surface area contributed by atoms with Crippen LogP contribution in [-0.4, -0.2) is 6.54 Å². The van der Waals surface area contributed by atoms with Gasteiger partial charge < -0.3 is 5.73 Å². The van der Waals surface area contributed by atoms with Crippen LogP contribution in [-0.2, 0) is 6.42 Å². The van der Waals surface area contributed by atoms with Crippen molar-refractivity contribution in [3.05, 3.63) is 34.2 Å². The topological polar surface area (TPSA) is 26.0 Å². The Balaban J connectivity index is 2.70. The number of thiophene rings is 1. The molecule has 2 aromatic rings. The molecule has 0 spiro atoms. The van der Waals surface area contributed by atoms with Crippen LogP contribution in [0.4, 0.5) is 0 Å². The first-order chi connectivity index (χ1) is 6.74. The van der Waals surface area contributed by atoms with Crippen LogP contribution < -0.4 is 5.73 Å². The summed E-state index contributed by atoms with van der Waals surface area (Å²) in [4.78, 5) is 0. The lowest BCUT2D eigenvalue weighted by Gasteiger charge is -2.02. The van der Waals surface area contributed by atoms with Crippen LogP contribution in [0.5, 0.6) is 0 Å². The summed E-state index contributed by atoms with van der Waals surface area (Å²) in [5.41, 5.74) is 9.76. The van der Waals surface area contributed by atoms with Gasteiger partial charge >= 0.3 is 0 Å². The van der Waals surface area contributed by atoms with Crippen LogP contribution in [0.3, 0.4) is 0 Å². The second-order valence-electron chi connectivity index (χ2n) is 3.70. The van der Waals surface area contributed by atoms with Crippen molar-refractivity contribution in [2.45, 2.75) is 20.3 Å². The number of aryl methyl sites for hydroxylation is 2. The fourth-order valence-corrected chi connectivity index (χ4v) is 3.02. The van der Waals surface area contributed by atoms with E-state index in [2.05, 4.69) is 31.4 Å². The quantitative estimate of drug-likeness (QED) is 0.801. The van der Waals surface area contributed by atoms with Gasteiger partial charge in [-0.25, -0.2) is 0 Å². The van der Waals surface area contributed by atoms with Gasteiger partial charge in [-0.2, -0.15) is 0 Å². The van der Waals surface area contributed by atoms with Crippen molar-refractivity contribution in [1.29, 1.82) is 0 Å². The summed E-state index contributed by atoms with van der Waals surface area (Å²) < 4.78 is 1.42. The van der Waals surface area contributed by atoms with Crippen molar-refractivity contribution in [3.63, 3.8) is 0 Å². The molecule has 2 heteroatoms. The van der Waals surface area contributed by atoms with E-state index < -0.39 is 0 Å². The molecule has 0 saturated carbocycles. The monoisotopic (exact) mass is 205 g/mol. The van der Waals surface area contributed by atoms with Gasteiger partial charge in [0.25, 0.3) is 0 Å². The highest BCUT2D eigenvalue weighted by atomic mass is 32.1. The average Bonchev–Trinajstić information content (AvgIpc) is 2.58. The van der Waals surface area contributed by atoms with E-state index in [9.17, 15) is 0 Å². The van der Waals surface area contributed by atoms with E-state index in [1.54, 1.807) is 0 Å². The Morgan fingerprint density at radius 2 is 1.93 bits per heavy atom. The Morgan fingerprint density at radius 3 is 2.64 bits per heavy atom. The highest BCUT2D eigenvalue weighted by Gasteiger charge is 2.07. The van der Waals surface area contributed by atoms with Crippen molar-refractivity contribution in [2.75, 3.05) is 6.54 Å². The summed E-state index contributed by atoms with van der Waals surface area (Å²) in [6, 6.07) is 4.39. The van der Waals surface area contributed by atoms with Gasteiger partial charge in [0.2, 0.25) is 0 Å². The lowest BCUT2D eigenvalue weighted by molar-refractivity contribution is 0.980. The molecule has 0 aliphatic rings. The van der Waals surface area contributed by atoms with Crippen molar-refractivity contribution in [3.8, 4) is 0 Å². The van der Waals surface area contributed by atoms with E-state index in [4.69, 9.17) is 5.73 Å². The smallest absolute Gasteiger partial charge is 0.0377 e. The zero-order chi connectivity index (χ0) is 10.1. The molecule has 0 aliphatic carbocycles. The summed E-state index contributed by atoms with van der Waals surface area (Å²) in [6.45, 7) is 5.08. The third kappa shape index (κ3) is 1.45. The SMILES string of the molecule is Cc1ccc(C)c2c(CCN)csc12. The zero-order valence-corrected chi connectivity index (χ0v) is 9.45. The Kier molecular flexibility index (Phi) is 2.57. The van der Waals surface area contributed by atoms with E-state index >= 15 is 0 Å². The number of hydrogen-bond acceptors (Lipinski definition) is 2. The third-order valence-corrected chi connectivity index (χ3v) is 3.78. The molecule has 2 N–H and O–H groups in total. The van der Waals surface area contributed by atoms with Gasteiger partial charge in [0, 0.05) is 4.70 Å². The van der Waals surface area contributed by atoms with Crippen LogP contribution in [0.2, 0.25) is 0 Å². The fourth-order valence-electron chi connectivity index (χ4n) is 1.86. The Morgan fingerprint density at radius 1 is 1.21 bits per heavy atom. The van der Waals surface area contributed by atoms with Gasteiger partial charge in [-0.3, -0.25) is 0 Å². The molecule has 1 aromatic heterocycles. The summed E-state index contributed by atoms with van der Waals surface area (Å²) in [5, 5.41) is 3.68. The van der Waals surface area contributed by atoms with Crippen LogP contribution in [0.25, 0.3) is 10.1 Å². The van der Waals surface area contributed by atoms with E-state index in [-0.39, 0.29) is 0 Å². The minimum absolute atomic E-state index is 0.735. The maximum Gasteiger partial charge on any atom is 0.0377 e. The fraction of sp³-hybridized carbons (Fsp3) is 0.333. The second kappa shape index (κ2) is 3.71. The molecule has 0 saturated heterocycles. The number of hydrogen-bond donors (Lipinski definition) is 1. The molecule has 74 valence electrons. The molecule has 2 rings (SSSR count). The summed E-state index contributed by atoms with van der Waals surface area (Å²) in [6.07, 6.45) is 0.990. The van der Waals surface area contributed by atoms with E-state index in [1.165, 1.54) is 26.8 Å². The highest BCUT2D eigenvalue weighted by molar-refractivity contribution is 7.17. The lowest BCUT2D eigenvalue weighted by atomic mass is 10.0. The van der Waals surface area contributed by atoms with Crippen LogP contribution in [0.15, 0.2) is 17.5 Å². The second-order valence-corrected chi connectivity index (χ2v) is 4.58. The molecule has 0 radical (unpaired) electrons. The first-order valence-electron chi connectivity index (χ1n) is 4.90. The first-order valence-corrected chi connectivity index (χ1v) is 5.78. The van der Waals surface area contributed by atoms with Gasteiger partial charge in [0.1, 0.15) is 0 Å². The average molecular weight is 205 g/mol. The maximum absolute atomic E-state index is 5.60. The molecular weight excluding hydrogens is 190 g/mol.